The van der Waals surface area contributed by atoms with Gasteiger partial charge in [0.05, 0.1) is 25.2 Å². The molecule has 0 radical (unpaired) electrons. The third-order valence-corrected chi connectivity index (χ3v) is 11.4. The number of aromatic nitrogens is 5. The fourth-order valence-corrected chi connectivity index (χ4v) is 7.96. The van der Waals surface area contributed by atoms with Crippen molar-refractivity contribution in [2.45, 2.75) is 57.6 Å². The minimum absolute atomic E-state index is 0.169. The van der Waals surface area contributed by atoms with Crippen molar-refractivity contribution in [2.24, 2.45) is 7.05 Å². The summed E-state index contributed by atoms with van der Waals surface area (Å²) in [6.45, 7) is 8.08. The lowest BCUT2D eigenvalue weighted by atomic mass is 10.0. The Bertz CT molecular complexity index is 2280. The molecule has 5 aromatic rings. The Kier molecular flexibility index (Phi) is 11.9. The van der Waals surface area contributed by atoms with Crippen molar-refractivity contribution in [1.29, 1.82) is 0 Å². The van der Waals surface area contributed by atoms with Crippen molar-refractivity contribution in [2.75, 3.05) is 49.5 Å². The normalized spacial score (nSPS) is 18.9. The number of carbonyl (C=O) groups excluding carboxylic acids is 3. The average Bonchev–Trinajstić information content (AvgIpc) is 3.80. The largest absolute Gasteiger partial charge is 0.494 e. The molecule has 3 aliphatic rings. The second-order valence-electron chi connectivity index (χ2n) is 15.2. The number of rotatable bonds is 14. The van der Waals surface area contributed by atoms with Gasteiger partial charge < -0.3 is 29.9 Å². The number of fused-ring (bicyclic) bond motifs is 1. The quantitative estimate of drug-likeness (QED) is 0.0946. The zero-order valence-corrected chi connectivity index (χ0v) is 33.3. The number of benzene rings is 3. The third-order valence-electron chi connectivity index (χ3n) is 11.4. The molecule has 3 amide bonds. The smallest absolute Gasteiger partial charge is 0.251 e. The predicted octanol–water partition coefficient (Wildman–Crippen LogP) is 3.58. The maximum Gasteiger partial charge on any atom is 0.251 e. The lowest BCUT2D eigenvalue weighted by Gasteiger charge is -2.36. The molecule has 4 N–H and O–H groups in total. The minimum atomic E-state index is -0.856. The number of nitrogens with zero attached hydrogens (tertiary/aromatic N) is 8. The first-order chi connectivity index (χ1) is 28.7. The molecule has 2 saturated heterocycles. The molecular weight excluding hydrogens is 751 g/mol. The van der Waals surface area contributed by atoms with Gasteiger partial charge in [0.1, 0.15) is 24.0 Å². The highest BCUT2D eigenvalue weighted by Crippen LogP contribution is 2.37. The number of anilines is 2. The lowest BCUT2D eigenvalue weighted by molar-refractivity contribution is -0.141. The number of aliphatic hydroxyl groups excluding tert-OH is 1. The second-order valence-corrected chi connectivity index (χ2v) is 15.2. The number of carbonyl (C=O) groups is 3. The molecule has 0 saturated carbocycles. The SMILES string of the molecule is C[C@@H](NC(=O)c1cccc(NCc2nnc(-c3ccncn3)n2C)c1)c1ccc(OCCCN2CCN(c3ccc4c(c3)CN(C3CCC(=O)NC3=O)C4O)CC2)cc1. The molecule has 0 aliphatic carbocycles. The highest BCUT2D eigenvalue weighted by Gasteiger charge is 2.40. The van der Waals surface area contributed by atoms with Gasteiger partial charge in [-0.05, 0) is 79.4 Å². The van der Waals surface area contributed by atoms with Crippen LogP contribution in [0.2, 0.25) is 0 Å². The second kappa shape index (κ2) is 17.7. The van der Waals surface area contributed by atoms with Gasteiger partial charge in [0.25, 0.3) is 5.91 Å². The Hall–Kier alpha value is -6.23. The van der Waals surface area contributed by atoms with Crippen LogP contribution in [-0.2, 0) is 29.7 Å². The number of hydrogen-bond donors (Lipinski definition) is 4. The third kappa shape index (κ3) is 9.09. The molecule has 5 heterocycles. The fraction of sp³-hybridized carbons (Fsp3) is 0.372. The molecule has 3 atom stereocenters. The van der Waals surface area contributed by atoms with E-state index in [9.17, 15) is 19.5 Å². The number of imide groups is 1. The Morgan fingerprint density at radius 3 is 2.63 bits per heavy atom. The summed E-state index contributed by atoms with van der Waals surface area (Å²) in [5.74, 6) is 1.41. The fourth-order valence-electron chi connectivity index (χ4n) is 7.96. The van der Waals surface area contributed by atoms with Crippen molar-refractivity contribution in [3.8, 4) is 17.3 Å². The van der Waals surface area contributed by atoms with Crippen molar-refractivity contribution >= 4 is 29.1 Å². The van der Waals surface area contributed by atoms with Crippen LogP contribution < -0.4 is 25.6 Å². The monoisotopic (exact) mass is 799 g/mol. The summed E-state index contributed by atoms with van der Waals surface area (Å²) in [5, 5.41) is 28.4. The Labute approximate surface area is 342 Å². The predicted molar refractivity (Wildman–Crippen MR) is 220 cm³/mol. The van der Waals surface area contributed by atoms with Crippen molar-refractivity contribution < 1.29 is 24.2 Å². The van der Waals surface area contributed by atoms with Crippen LogP contribution in [0.15, 0.2) is 85.3 Å². The van der Waals surface area contributed by atoms with E-state index in [0.717, 1.165) is 78.8 Å². The number of hydrogen-bond acceptors (Lipinski definition) is 13. The van der Waals surface area contributed by atoms with Gasteiger partial charge in [-0.15, -0.1) is 10.2 Å². The number of amides is 3. The van der Waals surface area contributed by atoms with Crippen molar-refractivity contribution in [3.63, 3.8) is 0 Å². The summed E-state index contributed by atoms with van der Waals surface area (Å²) in [6, 6.07) is 22.5. The van der Waals surface area contributed by atoms with Gasteiger partial charge in [0.2, 0.25) is 11.8 Å². The number of piperazine rings is 1. The maximum atomic E-state index is 13.2. The molecule has 306 valence electrons. The standard InChI is InChI=1S/C43H49N11O5/c1-28(47-41(56)30-5-3-6-32(23-30)45-25-38-49-50-40(51(38)2)36-15-16-44-27-46-36)29-7-10-34(11-8-29)59-22-4-17-52-18-20-53(21-19-52)33-9-12-35-31(24-33)26-54(43(35)58)37-13-14-39(55)48-42(37)57/h3,5-12,15-16,23-24,27-28,37,43,45,58H,4,13-14,17-22,25-26H2,1-2H3,(H,47,56)(H,48,55,57)/t28-,37?,43?/m1/s1. The summed E-state index contributed by atoms with van der Waals surface area (Å²) in [7, 11) is 1.89. The van der Waals surface area contributed by atoms with E-state index in [1.807, 2.05) is 67.1 Å². The molecule has 3 aromatic carbocycles. The molecular formula is C43H49N11O5. The van der Waals surface area contributed by atoms with Crippen LogP contribution in [-0.4, -0.2) is 103 Å². The first kappa shape index (κ1) is 39.6. The summed E-state index contributed by atoms with van der Waals surface area (Å²) < 4.78 is 7.95. The van der Waals surface area contributed by atoms with Gasteiger partial charge >= 0.3 is 0 Å². The number of aliphatic hydroxyl groups is 1. The molecule has 16 heteroatoms. The first-order valence-electron chi connectivity index (χ1n) is 20.1. The summed E-state index contributed by atoms with van der Waals surface area (Å²) in [5.41, 5.74) is 5.97. The highest BCUT2D eigenvalue weighted by atomic mass is 16.5. The zero-order valence-electron chi connectivity index (χ0n) is 33.3. The zero-order chi connectivity index (χ0) is 40.9. The van der Waals surface area contributed by atoms with Crippen LogP contribution in [0.5, 0.6) is 5.75 Å². The van der Waals surface area contributed by atoms with E-state index >= 15 is 0 Å². The van der Waals surface area contributed by atoms with Crippen LogP contribution in [0, 0.1) is 0 Å². The maximum absolute atomic E-state index is 13.2. The average molecular weight is 800 g/mol. The lowest BCUT2D eigenvalue weighted by Crippen LogP contribution is -2.51. The van der Waals surface area contributed by atoms with Crippen LogP contribution in [0.4, 0.5) is 11.4 Å². The van der Waals surface area contributed by atoms with Gasteiger partial charge in [0.15, 0.2) is 11.6 Å². The molecule has 2 unspecified atom stereocenters. The van der Waals surface area contributed by atoms with E-state index in [2.05, 4.69) is 58.0 Å². The Morgan fingerprint density at radius 2 is 1.85 bits per heavy atom. The molecule has 2 fully saturated rings. The minimum Gasteiger partial charge on any atom is -0.494 e. The number of ether oxygens (including phenoxy) is 1. The molecule has 2 aromatic heterocycles. The van der Waals surface area contributed by atoms with Gasteiger partial charge in [-0.3, -0.25) is 29.5 Å². The van der Waals surface area contributed by atoms with E-state index in [1.165, 1.54) is 6.33 Å². The van der Waals surface area contributed by atoms with Crippen LogP contribution in [0.3, 0.4) is 0 Å². The molecule has 16 nitrogen and oxygen atoms in total. The van der Waals surface area contributed by atoms with Crippen molar-refractivity contribution in [1.82, 2.24) is 45.2 Å². The van der Waals surface area contributed by atoms with Gasteiger partial charge in [-0.2, -0.15) is 0 Å². The summed E-state index contributed by atoms with van der Waals surface area (Å²) >= 11 is 0. The van der Waals surface area contributed by atoms with Crippen LogP contribution in [0.1, 0.15) is 71.3 Å². The summed E-state index contributed by atoms with van der Waals surface area (Å²) in [6.07, 6.45) is 3.89. The molecule has 59 heavy (non-hydrogen) atoms. The van der Waals surface area contributed by atoms with E-state index < -0.39 is 12.3 Å². The molecule has 0 bridgehead atoms. The number of nitrogens with one attached hydrogen (secondary N) is 3. The van der Waals surface area contributed by atoms with E-state index in [4.69, 9.17) is 4.74 Å². The van der Waals surface area contributed by atoms with Crippen LogP contribution >= 0.6 is 0 Å². The Morgan fingerprint density at radius 1 is 1.02 bits per heavy atom. The van der Waals surface area contributed by atoms with Gasteiger partial charge in [-0.1, -0.05) is 24.3 Å². The topological polar surface area (TPSA) is 183 Å². The Balaban J connectivity index is 0.743. The first-order valence-corrected chi connectivity index (χ1v) is 20.1. The highest BCUT2D eigenvalue weighted by molar-refractivity contribution is 6.00. The van der Waals surface area contributed by atoms with Crippen molar-refractivity contribution in [3.05, 3.63) is 113 Å². The molecule has 3 aliphatic heterocycles. The molecule has 0 spiro atoms. The number of piperidine rings is 1. The summed E-state index contributed by atoms with van der Waals surface area (Å²) in [4.78, 5) is 52.1. The van der Waals surface area contributed by atoms with E-state index in [1.54, 1.807) is 23.2 Å². The van der Waals surface area contributed by atoms with E-state index in [-0.39, 0.29) is 30.2 Å². The van der Waals surface area contributed by atoms with Gasteiger partial charge in [-0.25, -0.2) is 9.97 Å². The van der Waals surface area contributed by atoms with Gasteiger partial charge in [0, 0.05) is 81.4 Å². The van der Waals surface area contributed by atoms with E-state index in [0.29, 0.717) is 43.2 Å². The van der Waals surface area contributed by atoms with Crippen LogP contribution in [0.25, 0.3) is 11.5 Å². The molecule has 8 rings (SSSR count).